The first-order valence-electron chi connectivity index (χ1n) is 14.3. The average Bonchev–Trinajstić information content (AvgIpc) is 3.42. The molecular formula is C31H42N4O4. The van der Waals surface area contributed by atoms with Crippen molar-refractivity contribution in [2.24, 2.45) is 0 Å². The van der Waals surface area contributed by atoms with Crippen LogP contribution >= 0.6 is 0 Å². The summed E-state index contributed by atoms with van der Waals surface area (Å²) in [7, 11) is 0. The van der Waals surface area contributed by atoms with Gasteiger partial charge in [0.05, 0.1) is 13.2 Å². The Hall–Kier alpha value is -3.39. The van der Waals surface area contributed by atoms with Crippen molar-refractivity contribution in [2.45, 2.75) is 71.9 Å². The molecule has 39 heavy (non-hydrogen) atoms. The van der Waals surface area contributed by atoms with Crippen molar-refractivity contribution in [3.05, 3.63) is 71.4 Å². The fourth-order valence-electron chi connectivity index (χ4n) is 4.77. The summed E-state index contributed by atoms with van der Waals surface area (Å²) in [5.74, 6) is 3.18. The van der Waals surface area contributed by atoms with Gasteiger partial charge < -0.3 is 18.9 Å². The van der Waals surface area contributed by atoms with E-state index < -0.39 is 0 Å². The molecule has 0 fully saturated rings. The summed E-state index contributed by atoms with van der Waals surface area (Å²) in [5.41, 5.74) is 2.34. The third kappa shape index (κ3) is 8.55. The van der Waals surface area contributed by atoms with Crippen molar-refractivity contribution in [2.75, 3.05) is 32.8 Å². The Balaban J connectivity index is 1.50. The van der Waals surface area contributed by atoms with Crippen LogP contribution in [0.2, 0.25) is 0 Å². The maximum Gasteiger partial charge on any atom is 0.227 e. The molecule has 1 aliphatic heterocycles. The van der Waals surface area contributed by atoms with Crippen LogP contribution in [0, 0.1) is 0 Å². The lowest BCUT2D eigenvalue weighted by atomic mass is 10.1. The predicted octanol–water partition coefficient (Wildman–Crippen LogP) is 5.62. The molecule has 8 heteroatoms. The highest BCUT2D eigenvalue weighted by molar-refractivity contribution is 5.76. The van der Waals surface area contributed by atoms with E-state index in [2.05, 4.69) is 45.4 Å². The second-order valence-electron chi connectivity index (χ2n) is 10.4. The number of aromatic nitrogens is 2. The summed E-state index contributed by atoms with van der Waals surface area (Å²) in [5, 5.41) is 4.03. The van der Waals surface area contributed by atoms with Gasteiger partial charge >= 0.3 is 0 Å². The lowest BCUT2D eigenvalue weighted by molar-refractivity contribution is -0.131. The quantitative estimate of drug-likeness (QED) is 0.371. The number of nitrogens with zero attached hydrogens (tertiary/aromatic N) is 4. The summed E-state index contributed by atoms with van der Waals surface area (Å²) < 4.78 is 17.6. The van der Waals surface area contributed by atoms with Gasteiger partial charge in [0, 0.05) is 57.0 Å². The highest BCUT2D eigenvalue weighted by atomic mass is 16.5. The number of carbonyl (C=O) groups excluding carboxylic acids is 1. The Morgan fingerprint density at radius 2 is 1.87 bits per heavy atom. The zero-order valence-corrected chi connectivity index (χ0v) is 23.6. The van der Waals surface area contributed by atoms with Crippen molar-refractivity contribution in [3.8, 4) is 11.5 Å². The number of hydrogen-bond acceptors (Lipinski definition) is 7. The highest BCUT2D eigenvalue weighted by Gasteiger charge is 2.20. The van der Waals surface area contributed by atoms with Gasteiger partial charge in [0.1, 0.15) is 0 Å². The average molecular weight is 535 g/mol. The van der Waals surface area contributed by atoms with Crippen LogP contribution < -0.4 is 9.47 Å². The predicted molar refractivity (Wildman–Crippen MR) is 151 cm³/mol. The maximum atomic E-state index is 13.4. The third-order valence-corrected chi connectivity index (χ3v) is 6.91. The van der Waals surface area contributed by atoms with E-state index >= 15 is 0 Å². The molecule has 0 radical (unpaired) electrons. The molecular weight excluding hydrogens is 492 g/mol. The summed E-state index contributed by atoms with van der Waals surface area (Å²) in [6, 6.07) is 16.6. The summed E-state index contributed by atoms with van der Waals surface area (Å²) in [4.78, 5) is 22.2. The monoisotopic (exact) mass is 534 g/mol. The zero-order valence-electron chi connectivity index (χ0n) is 23.6. The van der Waals surface area contributed by atoms with Gasteiger partial charge in [0.2, 0.25) is 11.8 Å². The molecule has 0 unspecified atom stereocenters. The van der Waals surface area contributed by atoms with E-state index in [1.807, 2.05) is 43.9 Å². The lowest BCUT2D eigenvalue weighted by Gasteiger charge is -2.28. The van der Waals surface area contributed by atoms with Crippen LogP contribution in [-0.4, -0.2) is 58.7 Å². The molecule has 0 atom stereocenters. The number of para-hydroxylation sites is 1. The Morgan fingerprint density at radius 3 is 2.64 bits per heavy atom. The van der Waals surface area contributed by atoms with Crippen LogP contribution in [0.3, 0.4) is 0 Å². The fraction of sp³-hybridized carbons (Fsp3) is 0.516. The molecule has 210 valence electrons. The first kappa shape index (κ1) is 28.6. The molecule has 1 aliphatic rings. The van der Waals surface area contributed by atoms with E-state index in [4.69, 9.17) is 14.0 Å². The van der Waals surface area contributed by atoms with Gasteiger partial charge in [-0.2, -0.15) is 4.98 Å². The first-order chi connectivity index (χ1) is 19.0. The molecule has 0 bridgehead atoms. The molecule has 4 rings (SSSR count). The van der Waals surface area contributed by atoms with Crippen LogP contribution in [0.5, 0.6) is 11.5 Å². The Kier molecular flexibility index (Phi) is 10.8. The van der Waals surface area contributed by atoms with Crippen LogP contribution in [0.25, 0.3) is 0 Å². The maximum absolute atomic E-state index is 13.4. The van der Waals surface area contributed by atoms with Gasteiger partial charge in [-0.15, -0.1) is 0 Å². The largest absolute Gasteiger partial charge is 0.490 e. The molecule has 1 aromatic heterocycles. The minimum Gasteiger partial charge on any atom is -0.490 e. The number of amides is 1. The standard InChI is InChI=1S/C31H42N4O4/c1-4-37-27-15-11-14-26-23-34(22-25-12-7-5-8-13-25)19-20-35(18-9-6-10-21-38-30(26)27)29(36)17-16-28-32-31(24(2)3)33-39-28/h5,7-8,11-15,24H,4,6,9-10,16-23H2,1-3H3. The number of fused-ring (bicyclic) bond motifs is 1. The minimum atomic E-state index is 0.129. The van der Waals surface area contributed by atoms with E-state index in [1.54, 1.807) is 0 Å². The summed E-state index contributed by atoms with van der Waals surface area (Å²) in [6.45, 7) is 10.9. The van der Waals surface area contributed by atoms with Gasteiger partial charge in [-0.05, 0) is 37.8 Å². The van der Waals surface area contributed by atoms with E-state index in [-0.39, 0.29) is 11.8 Å². The minimum absolute atomic E-state index is 0.129. The fourth-order valence-corrected chi connectivity index (χ4v) is 4.77. The topological polar surface area (TPSA) is 80.9 Å². The van der Waals surface area contributed by atoms with E-state index in [0.717, 1.165) is 56.0 Å². The van der Waals surface area contributed by atoms with Crippen molar-refractivity contribution >= 4 is 5.91 Å². The molecule has 2 heterocycles. The van der Waals surface area contributed by atoms with Gasteiger partial charge in [-0.25, -0.2) is 0 Å². The number of rotatable bonds is 8. The zero-order chi connectivity index (χ0) is 27.5. The molecule has 0 aliphatic carbocycles. The summed E-state index contributed by atoms with van der Waals surface area (Å²) in [6.07, 6.45) is 3.68. The van der Waals surface area contributed by atoms with Crippen molar-refractivity contribution in [1.82, 2.24) is 19.9 Å². The van der Waals surface area contributed by atoms with E-state index in [9.17, 15) is 4.79 Å². The van der Waals surface area contributed by atoms with Gasteiger partial charge in [0.15, 0.2) is 17.3 Å². The second-order valence-corrected chi connectivity index (χ2v) is 10.4. The first-order valence-corrected chi connectivity index (χ1v) is 14.3. The van der Waals surface area contributed by atoms with Crippen molar-refractivity contribution < 1.29 is 18.8 Å². The Bertz CT molecular complexity index is 1160. The molecule has 2 aromatic carbocycles. The second kappa shape index (κ2) is 14.7. The molecule has 0 spiro atoms. The highest BCUT2D eigenvalue weighted by Crippen LogP contribution is 2.33. The van der Waals surface area contributed by atoms with E-state index in [1.165, 1.54) is 5.56 Å². The smallest absolute Gasteiger partial charge is 0.227 e. The lowest BCUT2D eigenvalue weighted by Crippen LogP contribution is -2.39. The number of aryl methyl sites for hydroxylation is 1. The Labute approximate surface area is 232 Å². The van der Waals surface area contributed by atoms with Crippen molar-refractivity contribution in [3.63, 3.8) is 0 Å². The molecule has 0 saturated carbocycles. The number of carbonyl (C=O) groups is 1. The van der Waals surface area contributed by atoms with Crippen LogP contribution in [-0.2, 0) is 24.3 Å². The summed E-state index contributed by atoms with van der Waals surface area (Å²) >= 11 is 0. The molecule has 8 nitrogen and oxygen atoms in total. The number of benzene rings is 2. The van der Waals surface area contributed by atoms with E-state index in [0.29, 0.717) is 50.9 Å². The third-order valence-electron chi connectivity index (χ3n) is 6.91. The van der Waals surface area contributed by atoms with Gasteiger partial charge in [0.25, 0.3) is 0 Å². The number of ether oxygens (including phenoxy) is 2. The molecule has 1 amide bonds. The SMILES string of the molecule is CCOc1cccc2c1OCCCCCN(C(=O)CCc1nc(C(C)C)no1)CCN(Cc1ccccc1)C2. The molecule has 0 N–H and O–H groups in total. The van der Waals surface area contributed by atoms with Crippen LogP contribution in [0.4, 0.5) is 0 Å². The molecule has 0 saturated heterocycles. The van der Waals surface area contributed by atoms with Gasteiger partial charge in [-0.1, -0.05) is 61.5 Å². The van der Waals surface area contributed by atoms with Crippen LogP contribution in [0.15, 0.2) is 53.1 Å². The van der Waals surface area contributed by atoms with Crippen LogP contribution in [0.1, 0.15) is 75.2 Å². The van der Waals surface area contributed by atoms with Gasteiger partial charge in [-0.3, -0.25) is 9.69 Å². The van der Waals surface area contributed by atoms with Crippen molar-refractivity contribution in [1.29, 1.82) is 0 Å². The normalized spacial score (nSPS) is 15.5. The molecule has 3 aromatic rings. The Morgan fingerprint density at radius 1 is 1.03 bits per heavy atom. The number of hydrogen-bond donors (Lipinski definition) is 0.